The molecule has 0 bridgehead atoms. The van der Waals surface area contributed by atoms with E-state index in [4.69, 9.17) is 4.74 Å². The number of rotatable bonds is 1. The van der Waals surface area contributed by atoms with Crippen LogP contribution in [0.25, 0.3) is 5.65 Å². The quantitative estimate of drug-likeness (QED) is 0.871. The molecule has 1 aliphatic rings. The number of aromatic nitrogens is 2. The van der Waals surface area contributed by atoms with Crippen LogP contribution in [0.1, 0.15) is 11.4 Å². The molecule has 0 saturated carbocycles. The monoisotopic (exact) mass is 294 g/mol. The third-order valence-electron chi connectivity index (χ3n) is 2.61. The number of ether oxygens (including phenoxy) is 1. The molecule has 88 valence electrons. The number of nitrogens with zero attached hydrogens (tertiary/aromatic N) is 3. The summed E-state index contributed by atoms with van der Waals surface area (Å²) in [5.74, 6) is 0.597. The summed E-state index contributed by atoms with van der Waals surface area (Å²) < 4.78 is 8.50. The van der Waals surface area contributed by atoms with Crippen molar-refractivity contribution in [2.45, 2.75) is 6.92 Å². The number of pyridine rings is 1. The van der Waals surface area contributed by atoms with Crippen LogP contribution in [-0.2, 0) is 4.74 Å². The Kier molecular flexibility index (Phi) is 2.51. The van der Waals surface area contributed by atoms with Crippen molar-refractivity contribution in [1.82, 2.24) is 14.8 Å². The van der Waals surface area contributed by atoms with Gasteiger partial charge in [-0.15, -0.1) is 5.10 Å². The summed E-state index contributed by atoms with van der Waals surface area (Å²) in [6, 6.07) is 3.92. The number of fused-ring (bicyclic) bond motifs is 1. The molecule has 0 spiro atoms. The highest BCUT2D eigenvalue weighted by Gasteiger charge is 2.19. The van der Waals surface area contributed by atoms with Crippen molar-refractivity contribution in [3.63, 3.8) is 0 Å². The van der Waals surface area contributed by atoms with E-state index in [0.717, 1.165) is 28.1 Å². The van der Waals surface area contributed by atoms with Gasteiger partial charge in [-0.05, 0) is 35.0 Å². The van der Waals surface area contributed by atoms with Gasteiger partial charge in [0.25, 0.3) is 5.90 Å². The molecule has 2 aromatic rings. The molecule has 5 nitrogen and oxygen atoms in total. The Labute approximate surface area is 107 Å². The molecule has 0 amide bonds. The molecular formula is C11H11BrN4O. The lowest BCUT2D eigenvalue weighted by Crippen LogP contribution is -2.27. The molecule has 1 N–H and O–H groups in total. The Morgan fingerprint density at radius 3 is 3.18 bits per heavy atom. The lowest BCUT2D eigenvalue weighted by molar-refractivity contribution is 0.278. The van der Waals surface area contributed by atoms with Gasteiger partial charge in [-0.2, -0.15) is 0 Å². The first kappa shape index (κ1) is 10.6. The summed E-state index contributed by atoms with van der Waals surface area (Å²) in [5, 5.41) is 4.18. The van der Waals surface area contributed by atoms with Crippen molar-refractivity contribution in [2.75, 3.05) is 13.2 Å². The molecule has 0 saturated heterocycles. The number of aryl methyl sites for hydroxylation is 1. The zero-order valence-corrected chi connectivity index (χ0v) is 10.9. The van der Waals surface area contributed by atoms with E-state index in [-0.39, 0.29) is 0 Å². The van der Waals surface area contributed by atoms with Crippen LogP contribution in [0.2, 0.25) is 0 Å². The maximum absolute atomic E-state index is 5.56. The fourth-order valence-corrected chi connectivity index (χ4v) is 2.31. The third-order valence-corrected chi connectivity index (χ3v) is 3.23. The minimum atomic E-state index is 0.597. The van der Waals surface area contributed by atoms with Gasteiger partial charge in [-0.25, -0.2) is 4.98 Å². The molecule has 0 fully saturated rings. The summed E-state index contributed by atoms with van der Waals surface area (Å²) in [6.45, 7) is 3.32. The van der Waals surface area contributed by atoms with E-state index in [0.29, 0.717) is 12.5 Å². The van der Waals surface area contributed by atoms with E-state index in [2.05, 4.69) is 31.4 Å². The second-order valence-corrected chi connectivity index (χ2v) is 4.62. The van der Waals surface area contributed by atoms with E-state index in [1.165, 1.54) is 0 Å². The van der Waals surface area contributed by atoms with Gasteiger partial charge < -0.3 is 10.2 Å². The first-order chi connectivity index (χ1) is 8.27. The van der Waals surface area contributed by atoms with Crippen LogP contribution in [0, 0.1) is 6.92 Å². The molecule has 6 heteroatoms. The van der Waals surface area contributed by atoms with Crippen LogP contribution in [0.5, 0.6) is 0 Å². The van der Waals surface area contributed by atoms with Gasteiger partial charge in [0.2, 0.25) is 0 Å². The average molecular weight is 295 g/mol. The number of halogens is 1. The zero-order valence-electron chi connectivity index (χ0n) is 9.27. The third kappa shape index (κ3) is 1.68. The SMILES string of the molecule is Cc1nc2c(Br)cccn2c1C1=NNCCO1. The summed E-state index contributed by atoms with van der Waals surface area (Å²) in [7, 11) is 0. The lowest BCUT2D eigenvalue weighted by Gasteiger charge is -2.14. The van der Waals surface area contributed by atoms with Crippen LogP contribution in [0.15, 0.2) is 27.9 Å². The highest BCUT2D eigenvalue weighted by molar-refractivity contribution is 9.10. The van der Waals surface area contributed by atoms with Crippen molar-refractivity contribution in [1.29, 1.82) is 0 Å². The Hall–Kier alpha value is -1.56. The molecule has 0 unspecified atom stereocenters. The molecule has 0 atom stereocenters. The predicted octanol–water partition coefficient (Wildman–Crippen LogP) is 1.69. The molecule has 1 aliphatic heterocycles. The minimum Gasteiger partial charge on any atom is -0.473 e. The summed E-state index contributed by atoms with van der Waals surface area (Å²) >= 11 is 3.49. The Balaban J connectivity index is 2.25. The first-order valence-electron chi connectivity index (χ1n) is 5.34. The summed E-state index contributed by atoms with van der Waals surface area (Å²) in [5.41, 5.74) is 5.61. The van der Waals surface area contributed by atoms with Crippen molar-refractivity contribution in [3.8, 4) is 0 Å². The number of imidazole rings is 1. The van der Waals surface area contributed by atoms with Crippen LogP contribution >= 0.6 is 15.9 Å². The largest absolute Gasteiger partial charge is 0.473 e. The number of hydrogen-bond donors (Lipinski definition) is 1. The highest BCUT2D eigenvalue weighted by atomic mass is 79.9. The lowest BCUT2D eigenvalue weighted by atomic mass is 10.3. The molecule has 0 aliphatic carbocycles. The molecule has 3 heterocycles. The van der Waals surface area contributed by atoms with Gasteiger partial charge in [-0.3, -0.25) is 4.40 Å². The van der Waals surface area contributed by atoms with Gasteiger partial charge in [0, 0.05) is 6.20 Å². The molecule has 0 aromatic carbocycles. The molecule has 2 aromatic heterocycles. The number of hydrogen-bond acceptors (Lipinski definition) is 4. The molecule has 0 radical (unpaired) electrons. The fraction of sp³-hybridized carbons (Fsp3) is 0.273. The van der Waals surface area contributed by atoms with E-state index >= 15 is 0 Å². The van der Waals surface area contributed by atoms with Crippen molar-refractivity contribution in [2.24, 2.45) is 5.10 Å². The van der Waals surface area contributed by atoms with Crippen molar-refractivity contribution >= 4 is 27.5 Å². The summed E-state index contributed by atoms with van der Waals surface area (Å²) in [6.07, 6.45) is 1.95. The topological polar surface area (TPSA) is 50.9 Å². The maximum Gasteiger partial charge on any atom is 0.257 e. The molecule has 3 rings (SSSR count). The Morgan fingerprint density at radius 1 is 1.53 bits per heavy atom. The smallest absolute Gasteiger partial charge is 0.257 e. The number of nitrogens with one attached hydrogen (secondary N) is 1. The van der Waals surface area contributed by atoms with Crippen LogP contribution in [0.3, 0.4) is 0 Å². The zero-order chi connectivity index (χ0) is 11.8. The Bertz CT molecular complexity index is 605. The van der Waals surface area contributed by atoms with E-state index < -0.39 is 0 Å². The highest BCUT2D eigenvalue weighted by Crippen LogP contribution is 2.21. The molecule has 17 heavy (non-hydrogen) atoms. The van der Waals surface area contributed by atoms with Crippen molar-refractivity contribution < 1.29 is 4.74 Å². The Morgan fingerprint density at radius 2 is 2.41 bits per heavy atom. The van der Waals surface area contributed by atoms with Gasteiger partial charge in [-0.1, -0.05) is 0 Å². The van der Waals surface area contributed by atoms with Crippen LogP contribution in [0.4, 0.5) is 0 Å². The average Bonchev–Trinajstić information content (AvgIpc) is 2.68. The van der Waals surface area contributed by atoms with E-state index in [1.807, 2.05) is 29.7 Å². The maximum atomic E-state index is 5.56. The fourth-order valence-electron chi connectivity index (χ4n) is 1.88. The van der Waals surface area contributed by atoms with Gasteiger partial charge in [0.05, 0.1) is 16.7 Å². The molecular weight excluding hydrogens is 284 g/mol. The second-order valence-electron chi connectivity index (χ2n) is 3.77. The van der Waals surface area contributed by atoms with Gasteiger partial charge >= 0.3 is 0 Å². The summed E-state index contributed by atoms with van der Waals surface area (Å²) in [4.78, 5) is 4.52. The second kappa shape index (κ2) is 4.03. The minimum absolute atomic E-state index is 0.597. The van der Waals surface area contributed by atoms with E-state index in [1.54, 1.807) is 0 Å². The standard InChI is InChI=1S/C11H11BrN4O/c1-7-9(11-15-13-4-6-17-11)16-5-2-3-8(12)10(16)14-7/h2-3,5,13H,4,6H2,1H3. The normalized spacial score (nSPS) is 15.3. The van der Waals surface area contributed by atoms with Gasteiger partial charge in [0.15, 0.2) is 5.65 Å². The van der Waals surface area contributed by atoms with Crippen molar-refractivity contribution in [3.05, 3.63) is 34.2 Å². The van der Waals surface area contributed by atoms with Crippen LogP contribution < -0.4 is 5.43 Å². The van der Waals surface area contributed by atoms with Gasteiger partial charge in [0.1, 0.15) is 12.3 Å². The van der Waals surface area contributed by atoms with Crippen LogP contribution in [-0.4, -0.2) is 28.4 Å². The number of hydrazone groups is 1. The van der Waals surface area contributed by atoms with E-state index in [9.17, 15) is 0 Å². The predicted molar refractivity (Wildman–Crippen MR) is 68.1 cm³/mol. The first-order valence-corrected chi connectivity index (χ1v) is 6.13.